The minimum atomic E-state index is -4.48. The number of rotatable bonds is 6. The Hall–Kier alpha value is -2.85. The standard InChI is InChI=1S/C14H12F5N5O/c1-8-22-23-13(12(15)16)24(8)6-10(20-2)9-3-4-11(21-5-9)25-7-14(17,18)19/h3-6,12H,2,7H2,1H3/b10-6-. The summed E-state index contributed by atoms with van der Waals surface area (Å²) in [5, 5.41) is 6.94. The lowest BCUT2D eigenvalue weighted by Gasteiger charge is -2.09. The third kappa shape index (κ3) is 4.81. The maximum atomic E-state index is 12.9. The van der Waals surface area contributed by atoms with Crippen LogP contribution in [0.3, 0.4) is 0 Å². The summed E-state index contributed by atoms with van der Waals surface area (Å²) in [6.45, 7) is 3.35. The van der Waals surface area contributed by atoms with Crippen LogP contribution in [-0.4, -0.2) is 39.2 Å². The number of nitrogens with zero attached hydrogens (tertiary/aromatic N) is 5. The molecule has 2 aromatic heterocycles. The number of pyridine rings is 1. The lowest BCUT2D eigenvalue weighted by molar-refractivity contribution is -0.154. The van der Waals surface area contributed by atoms with Crippen LogP contribution in [0.1, 0.15) is 23.6 Å². The van der Waals surface area contributed by atoms with Gasteiger partial charge >= 0.3 is 6.18 Å². The summed E-state index contributed by atoms with van der Waals surface area (Å²) in [4.78, 5) is 7.44. The molecule has 0 aliphatic carbocycles. The van der Waals surface area contributed by atoms with Crippen LogP contribution in [0.15, 0.2) is 23.3 Å². The maximum Gasteiger partial charge on any atom is 0.422 e. The summed E-state index contributed by atoms with van der Waals surface area (Å²) < 4.78 is 67.6. The smallest absolute Gasteiger partial charge is 0.422 e. The first-order valence-electron chi connectivity index (χ1n) is 6.75. The largest absolute Gasteiger partial charge is 0.468 e. The third-order valence-electron chi connectivity index (χ3n) is 2.93. The molecular formula is C14H12F5N5O. The molecule has 0 bridgehead atoms. The molecule has 0 unspecified atom stereocenters. The summed E-state index contributed by atoms with van der Waals surface area (Å²) in [5.41, 5.74) is 0.488. The molecule has 0 saturated heterocycles. The first-order chi connectivity index (χ1) is 11.7. The first kappa shape index (κ1) is 18.5. The third-order valence-corrected chi connectivity index (χ3v) is 2.93. The molecule has 2 heterocycles. The lowest BCUT2D eigenvalue weighted by atomic mass is 10.2. The van der Waals surface area contributed by atoms with Crippen molar-refractivity contribution in [3.8, 4) is 5.88 Å². The molecule has 6 nitrogen and oxygen atoms in total. The van der Waals surface area contributed by atoms with E-state index >= 15 is 0 Å². The molecule has 0 atom stereocenters. The van der Waals surface area contributed by atoms with Gasteiger partial charge in [-0.25, -0.2) is 13.8 Å². The predicted octanol–water partition coefficient (Wildman–Crippen LogP) is 3.52. The number of alkyl halides is 5. The first-order valence-corrected chi connectivity index (χ1v) is 6.75. The van der Waals surface area contributed by atoms with E-state index in [1.54, 1.807) is 0 Å². The molecule has 0 amide bonds. The second-order valence-electron chi connectivity index (χ2n) is 4.74. The highest BCUT2D eigenvalue weighted by Gasteiger charge is 2.28. The maximum absolute atomic E-state index is 12.9. The predicted molar refractivity (Wildman–Crippen MR) is 79.2 cm³/mol. The van der Waals surface area contributed by atoms with Crippen molar-refractivity contribution in [1.82, 2.24) is 19.7 Å². The molecule has 0 spiro atoms. The van der Waals surface area contributed by atoms with Crippen LogP contribution < -0.4 is 4.74 Å². The summed E-state index contributed by atoms with van der Waals surface area (Å²) in [5.74, 6) is -0.607. The van der Waals surface area contributed by atoms with Crippen LogP contribution in [0.4, 0.5) is 22.0 Å². The van der Waals surface area contributed by atoms with E-state index in [1.165, 1.54) is 31.5 Å². The number of hydrogen-bond acceptors (Lipinski definition) is 5. The zero-order valence-electron chi connectivity index (χ0n) is 12.8. The number of hydrogen-bond donors (Lipinski definition) is 0. The fraction of sp³-hybridized carbons (Fsp3) is 0.286. The molecule has 0 N–H and O–H groups in total. The van der Waals surface area contributed by atoms with E-state index in [9.17, 15) is 22.0 Å². The Morgan fingerprint density at radius 2 is 2.08 bits per heavy atom. The SMILES string of the molecule is C=N/C(=C\n1c(C)nnc1C(F)F)c1ccc(OCC(F)(F)F)nc1. The van der Waals surface area contributed by atoms with E-state index in [-0.39, 0.29) is 17.4 Å². The van der Waals surface area contributed by atoms with Crippen LogP contribution in [0.2, 0.25) is 0 Å². The lowest BCUT2D eigenvalue weighted by Crippen LogP contribution is -2.19. The van der Waals surface area contributed by atoms with Crippen LogP contribution in [0.5, 0.6) is 5.88 Å². The Balaban J connectivity index is 2.26. The molecule has 0 aliphatic heterocycles. The Morgan fingerprint density at radius 3 is 2.60 bits per heavy atom. The van der Waals surface area contributed by atoms with Gasteiger partial charge in [-0.3, -0.25) is 9.56 Å². The molecule has 2 aromatic rings. The van der Waals surface area contributed by atoms with Crippen LogP contribution >= 0.6 is 0 Å². The van der Waals surface area contributed by atoms with Gasteiger partial charge < -0.3 is 4.74 Å². The van der Waals surface area contributed by atoms with Gasteiger partial charge in [-0.2, -0.15) is 13.2 Å². The zero-order chi connectivity index (χ0) is 18.6. The molecule has 11 heteroatoms. The van der Waals surface area contributed by atoms with Gasteiger partial charge in [0.2, 0.25) is 11.7 Å². The van der Waals surface area contributed by atoms with E-state index in [0.717, 1.165) is 4.57 Å². The van der Waals surface area contributed by atoms with Gasteiger partial charge in [0, 0.05) is 24.0 Å². The highest BCUT2D eigenvalue weighted by molar-refractivity contribution is 5.76. The monoisotopic (exact) mass is 361 g/mol. The average Bonchev–Trinajstić information content (AvgIpc) is 2.91. The highest BCUT2D eigenvalue weighted by Crippen LogP contribution is 2.23. The molecule has 0 radical (unpaired) electrons. The number of aliphatic imine (C=N–C) groups is 1. The fourth-order valence-corrected chi connectivity index (χ4v) is 1.80. The van der Waals surface area contributed by atoms with Crippen LogP contribution in [0, 0.1) is 6.92 Å². The summed E-state index contributed by atoms with van der Waals surface area (Å²) >= 11 is 0. The zero-order valence-corrected chi connectivity index (χ0v) is 12.8. The number of aromatic nitrogens is 4. The fourth-order valence-electron chi connectivity index (χ4n) is 1.80. The highest BCUT2D eigenvalue weighted by atomic mass is 19.4. The van der Waals surface area contributed by atoms with Crippen molar-refractivity contribution in [2.75, 3.05) is 6.61 Å². The number of aryl methyl sites for hydroxylation is 1. The summed E-state index contributed by atoms with van der Waals surface area (Å²) in [6, 6.07) is 2.58. The topological polar surface area (TPSA) is 65.2 Å². The normalized spacial score (nSPS) is 12.5. The van der Waals surface area contributed by atoms with Crippen molar-refractivity contribution in [3.63, 3.8) is 0 Å². The van der Waals surface area contributed by atoms with Crippen molar-refractivity contribution >= 4 is 18.6 Å². The Morgan fingerprint density at radius 1 is 1.36 bits per heavy atom. The van der Waals surface area contributed by atoms with Crippen molar-refractivity contribution in [2.45, 2.75) is 19.5 Å². The van der Waals surface area contributed by atoms with Gasteiger partial charge in [-0.15, -0.1) is 10.2 Å². The van der Waals surface area contributed by atoms with Crippen LogP contribution in [-0.2, 0) is 0 Å². The number of ether oxygens (including phenoxy) is 1. The Kier molecular flexibility index (Phi) is 5.45. The summed E-state index contributed by atoms with van der Waals surface area (Å²) in [6.07, 6.45) is -4.91. The van der Waals surface area contributed by atoms with Gasteiger partial charge in [0.15, 0.2) is 6.61 Å². The minimum Gasteiger partial charge on any atom is -0.468 e. The van der Waals surface area contributed by atoms with E-state index < -0.39 is 25.0 Å². The molecule has 2 rings (SSSR count). The van der Waals surface area contributed by atoms with E-state index in [2.05, 4.69) is 31.6 Å². The molecule has 0 aromatic carbocycles. The van der Waals surface area contributed by atoms with Gasteiger partial charge in [-0.1, -0.05) is 0 Å². The van der Waals surface area contributed by atoms with E-state index in [1.807, 2.05) is 0 Å². The number of halogens is 5. The van der Waals surface area contributed by atoms with Crippen molar-refractivity contribution in [1.29, 1.82) is 0 Å². The molecule has 134 valence electrons. The average molecular weight is 361 g/mol. The van der Waals surface area contributed by atoms with Gasteiger partial charge in [0.1, 0.15) is 5.82 Å². The molecular weight excluding hydrogens is 349 g/mol. The molecule has 25 heavy (non-hydrogen) atoms. The van der Waals surface area contributed by atoms with E-state index in [4.69, 9.17) is 0 Å². The van der Waals surface area contributed by atoms with Crippen molar-refractivity contribution in [2.24, 2.45) is 4.99 Å². The molecule has 0 fully saturated rings. The Bertz CT molecular complexity index is 767. The van der Waals surface area contributed by atoms with Gasteiger partial charge in [0.25, 0.3) is 6.43 Å². The molecule has 0 saturated carbocycles. The van der Waals surface area contributed by atoms with Gasteiger partial charge in [-0.05, 0) is 19.7 Å². The quantitative estimate of drug-likeness (QED) is 0.583. The van der Waals surface area contributed by atoms with Crippen molar-refractivity contribution in [3.05, 3.63) is 35.5 Å². The second-order valence-corrected chi connectivity index (χ2v) is 4.74. The summed E-state index contributed by atoms with van der Waals surface area (Å²) in [7, 11) is 0. The van der Waals surface area contributed by atoms with Crippen LogP contribution in [0.25, 0.3) is 11.9 Å². The Labute approximate surface area is 138 Å². The van der Waals surface area contributed by atoms with Gasteiger partial charge in [0.05, 0.1) is 5.70 Å². The molecule has 0 aliphatic rings. The minimum absolute atomic E-state index is 0.152. The van der Waals surface area contributed by atoms with Crippen molar-refractivity contribution < 1.29 is 26.7 Å². The van der Waals surface area contributed by atoms with E-state index in [0.29, 0.717) is 5.56 Å². The second kappa shape index (κ2) is 7.36.